The first-order valence-corrected chi connectivity index (χ1v) is 8.80. The molecule has 2 aromatic rings. The van der Waals surface area contributed by atoms with Crippen molar-refractivity contribution in [3.8, 4) is 0 Å². The Bertz CT molecular complexity index is 651. The van der Waals surface area contributed by atoms with Crippen LogP contribution in [-0.2, 0) is 16.4 Å². The van der Waals surface area contributed by atoms with E-state index in [1.54, 1.807) is 24.7 Å². The summed E-state index contributed by atoms with van der Waals surface area (Å²) in [5.41, 5.74) is 0.691. The second kappa shape index (κ2) is 7.26. The molecule has 5 nitrogen and oxygen atoms in total. The van der Waals surface area contributed by atoms with Gasteiger partial charge >= 0.3 is 0 Å². The fraction of sp³-hybridized carbons (Fsp3) is 0.400. The summed E-state index contributed by atoms with van der Waals surface area (Å²) < 4.78 is 26.4. The number of aryl methyl sites for hydroxylation is 1. The van der Waals surface area contributed by atoms with Crippen molar-refractivity contribution >= 4 is 15.5 Å². The van der Waals surface area contributed by atoms with E-state index in [1.165, 1.54) is 0 Å². The zero-order valence-electron chi connectivity index (χ0n) is 12.2. The predicted molar refractivity (Wildman–Crippen MR) is 84.1 cm³/mol. The van der Waals surface area contributed by atoms with Crippen LogP contribution in [-0.4, -0.2) is 30.3 Å². The molecule has 6 heteroatoms. The highest BCUT2D eigenvalue weighted by Crippen LogP contribution is 2.22. The van der Waals surface area contributed by atoms with Gasteiger partial charge in [-0.2, -0.15) is 0 Å². The SMILES string of the molecule is CCCS(=O)(=O)c1ccccc1NCCCn1ccnc1. The quantitative estimate of drug-likeness (QED) is 0.761. The number of imidazole rings is 1. The van der Waals surface area contributed by atoms with E-state index in [0.717, 1.165) is 19.5 Å². The van der Waals surface area contributed by atoms with Crippen molar-refractivity contribution in [3.05, 3.63) is 43.0 Å². The van der Waals surface area contributed by atoms with Crippen LogP contribution in [0.25, 0.3) is 0 Å². The van der Waals surface area contributed by atoms with Crippen molar-refractivity contribution in [2.75, 3.05) is 17.6 Å². The van der Waals surface area contributed by atoms with Crippen LogP contribution in [0.2, 0.25) is 0 Å². The largest absolute Gasteiger partial charge is 0.384 e. The van der Waals surface area contributed by atoms with Crippen molar-refractivity contribution in [1.82, 2.24) is 9.55 Å². The van der Waals surface area contributed by atoms with Gasteiger partial charge in [-0.25, -0.2) is 13.4 Å². The lowest BCUT2D eigenvalue weighted by atomic mass is 10.3. The van der Waals surface area contributed by atoms with Gasteiger partial charge in [0.1, 0.15) is 0 Å². The van der Waals surface area contributed by atoms with E-state index in [1.807, 2.05) is 29.8 Å². The van der Waals surface area contributed by atoms with Crippen molar-refractivity contribution < 1.29 is 8.42 Å². The average Bonchev–Trinajstić information content (AvgIpc) is 2.97. The number of benzene rings is 1. The Kier molecular flexibility index (Phi) is 5.38. The number of aromatic nitrogens is 2. The summed E-state index contributed by atoms with van der Waals surface area (Å²) >= 11 is 0. The maximum absolute atomic E-state index is 12.2. The molecule has 0 bridgehead atoms. The number of sulfone groups is 1. The summed E-state index contributed by atoms with van der Waals surface area (Å²) in [7, 11) is -3.20. The number of nitrogens with one attached hydrogen (secondary N) is 1. The summed E-state index contributed by atoms with van der Waals surface area (Å²) in [5.74, 6) is 0.181. The molecule has 0 saturated carbocycles. The Morgan fingerprint density at radius 2 is 2.10 bits per heavy atom. The Morgan fingerprint density at radius 3 is 2.81 bits per heavy atom. The lowest BCUT2D eigenvalue weighted by Crippen LogP contribution is -2.12. The van der Waals surface area contributed by atoms with E-state index >= 15 is 0 Å². The summed E-state index contributed by atoms with van der Waals surface area (Å²) in [6.45, 7) is 3.45. The smallest absolute Gasteiger partial charge is 0.180 e. The molecule has 0 aliphatic carbocycles. The van der Waals surface area contributed by atoms with E-state index in [2.05, 4.69) is 10.3 Å². The summed E-state index contributed by atoms with van der Waals surface area (Å²) in [5, 5.41) is 3.23. The standard InChI is InChI=1S/C15H21N3O2S/c1-2-12-21(19,20)15-7-4-3-6-14(15)17-8-5-10-18-11-9-16-13-18/h3-4,6-7,9,11,13,17H,2,5,8,10,12H2,1H3. The first-order chi connectivity index (χ1) is 10.1. The summed E-state index contributed by atoms with van der Waals surface area (Å²) in [4.78, 5) is 4.39. The average molecular weight is 307 g/mol. The third kappa shape index (κ3) is 4.32. The van der Waals surface area contributed by atoms with Crippen LogP contribution >= 0.6 is 0 Å². The zero-order chi connectivity index (χ0) is 15.1. The second-order valence-electron chi connectivity index (χ2n) is 4.90. The fourth-order valence-corrected chi connectivity index (χ4v) is 3.68. The molecule has 1 N–H and O–H groups in total. The molecular weight excluding hydrogens is 286 g/mol. The van der Waals surface area contributed by atoms with Gasteiger partial charge in [-0.1, -0.05) is 19.1 Å². The van der Waals surface area contributed by atoms with Crippen LogP contribution in [0.4, 0.5) is 5.69 Å². The van der Waals surface area contributed by atoms with E-state index in [0.29, 0.717) is 17.0 Å². The molecule has 2 rings (SSSR count). The minimum atomic E-state index is -3.20. The monoisotopic (exact) mass is 307 g/mol. The van der Waals surface area contributed by atoms with Gasteiger partial charge in [0.15, 0.2) is 9.84 Å². The highest BCUT2D eigenvalue weighted by molar-refractivity contribution is 7.91. The van der Waals surface area contributed by atoms with Gasteiger partial charge in [0.05, 0.1) is 22.7 Å². The van der Waals surface area contributed by atoms with Gasteiger partial charge in [0.25, 0.3) is 0 Å². The molecule has 21 heavy (non-hydrogen) atoms. The lowest BCUT2D eigenvalue weighted by Gasteiger charge is -2.12. The van der Waals surface area contributed by atoms with Crippen LogP contribution in [0.1, 0.15) is 19.8 Å². The number of anilines is 1. The van der Waals surface area contributed by atoms with E-state index in [4.69, 9.17) is 0 Å². The molecule has 0 amide bonds. The first kappa shape index (κ1) is 15.6. The van der Waals surface area contributed by atoms with Gasteiger partial charge in [0, 0.05) is 25.5 Å². The number of nitrogens with zero attached hydrogens (tertiary/aromatic N) is 2. The molecule has 0 radical (unpaired) electrons. The zero-order valence-corrected chi connectivity index (χ0v) is 13.0. The molecule has 0 spiro atoms. The Morgan fingerprint density at radius 1 is 1.29 bits per heavy atom. The van der Waals surface area contributed by atoms with E-state index in [9.17, 15) is 8.42 Å². The Balaban J connectivity index is 1.97. The maximum atomic E-state index is 12.2. The molecule has 114 valence electrons. The minimum Gasteiger partial charge on any atom is -0.384 e. The van der Waals surface area contributed by atoms with Crippen LogP contribution in [0.15, 0.2) is 47.9 Å². The molecule has 0 saturated heterocycles. The Labute approximate surface area is 125 Å². The highest BCUT2D eigenvalue weighted by Gasteiger charge is 2.16. The van der Waals surface area contributed by atoms with Crippen molar-refractivity contribution in [2.45, 2.75) is 31.2 Å². The van der Waals surface area contributed by atoms with Crippen molar-refractivity contribution in [3.63, 3.8) is 0 Å². The summed E-state index contributed by atoms with van der Waals surface area (Å²) in [6.07, 6.45) is 6.97. The van der Waals surface area contributed by atoms with Crippen LogP contribution in [0, 0.1) is 0 Å². The number of hydrogen-bond donors (Lipinski definition) is 1. The van der Waals surface area contributed by atoms with Gasteiger partial charge < -0.3 is 9.88 Å². The molecule has 0 fully saturated rings. The minimum absolute atomic E-state index is 0.181. The number of rotatable bonds is 8. The Hall–Kier alpha value is -1.82. The molecule has 1 heterocycles. The van der Waals surface area contributed by atoms with Gasteiger partial charge in [-0.15, -0.1) is 0 Å². The normalized spacial score (nSPS) is 11.5. The predicted octanol–water partition coefficient (Wildman–Crippen LogP) is 2.57. The summed E-state index contributed by atoms with van der Waals surface area (Å²) in [6, 6.07) is 7.10. The van der Waals surface area contributed by atoms with Gasteiger partial charge in [-0.3, -0.25) is 0 Å². The highest BCUT2D eigenvalue weighted by atomic mass is 32.2. The lowest BCUT2D eigenvalue weighted by molar-refractivity contribution is 0.595. The molecule has 1 aromatic carbocycles. The topological polar surface area (TPSA) is 64.0 Å². The number of hydrogen-bond acceptors (Lipinski definition) is 4. The molecular formula is C15H21N3O2S. The second-order valence-corrected chi connectivity index (χ2v) is 6.97. The van der Waals surface area contributed by atoms with E-state index in [-0.39, 0.29) is 5.75 Å². The van der Waals surface area contributed by atoms with Crippen molar-refractivity contribution in [1.29, 1.82) is 0 Å². The van der Waals surface area contributed by atoms with Gasteiger partial charge in [-0.05, 0) is 25.0 Å². The molecule has 0 unspecified atom stereocenters. The third-order valence-corrected chi connectivity index (χ3v) is 5.13. The van der Waals surface area contributed by atoms with Crippen molar-refractivity contribution in [2.24, 2.45) is 0 Å². The van der Waals surface area contributed by atoms with Crippen LogP contribution in [0.5, 0.6) is 0 Å². The van der Waals surface area contributed by atoms with Crippen LogP contribution in [0.3, 0.4) is 0 Å². The van der Waals surface area contributed by atoms with Crippen LogP contribution < -0.4 is 5.32 Å². The van der Waals surface area contributed by atoms with Gasteiger partial charge in [0.2, 0.25) is 0 Å². The maximum Gasteiger partial charge on any atom is 0.180 e. The molecule has 1 aromatic heterocycles. The molecule has 0 aliphatic heterocycles. The first-order valence-electron chi connectivity index (χ1n) is 7.15. The van der Waals surface area contributed by atoms with E-state index < -0.39 is 9.84 Å². The third-order valence-electron chi connectivity index (χ3n) is 3.16. The molecule has 0 atom stereocenters. The molecule has 0 aliphatic rings. The fourth-order valence-electron chi connectivity index (χ4n) is 2.17. The number of para-hydroxylation sites is 1.